The molecule has 0 atom stereocenters. The van der Waals surface area contributed by atoms with Crippen LogP contribution in [0.3, 0.4) is 0 Å². The molecule has 0 radical (unpaired) electrons. The van der Waals surface area contributed by atoms with Crippen molar-refractivity contribution in [2.45, 2.75) is 6.92 Å². The molecule has 1 fully saturated rings. The van der Waals surface area contributed by atoms with Gasteiger partial charge in [-0.15, -0.1) is 0 Å². The van der Waals surface area contributed by atoms with Gasteiger partial charge < -0.3 is 15.0 Å². The van der Waals surface area contributed by atoms with Gasteiger partial charge in [-0.2, -0.15) is 0 Å². The molecule has 0 spiro atoms. The molecule has 6 nitrogen and oxygen atoms in total. The molecule has 0 aliphatic carbocycles. The summed E-state index contributed by atoms with van der Waals surface area (Å²) in [6.07, 6.45) is 0. The van der Waals surface area contributed by atoms with Gasteiger partial charge in [0.15, 0.2) is 5.13 Å². The highest BCUT2D eigenvalue weighted by molar-refractivity contribution is 7.22. The van der Waals surface area contributed by atoms with Gasteiger partial charge in [-0.05, 0) is 41.5 Å². The summed E-state index contributed by atoms with van der Waals surface area (Å²) in [5.74, 6) is 0.817. The Hall–Kier alpha value is -3.16. The zero-order chi connectivity index (χ0) is 22.8. The van der Waals surface area contributed by atoms with E-state index < -0.39 is 0 Å². The number of benzene rings is 3. The number of hydrogen-bond acceptors (Lipinski definition) is 6. The number of rotatable bonds is 6. The number of aryl methyl sites for hydroxylation is 1. The van der Waals surface area contributed by atoms with Crippen molar-refractivity contribution in [3.63, 3.8) is 0 Å². The summed E-state index contributed by atoms with van der Waals surface area (Å²) in [6.45, 7) is 7.38. The predicted molar refractivity (Wildman–Crippen MR) is 136 cm³/mol. The Morgan fingerprint density at radius 1 is 1.06 bits per heavy atom. The number of carbonyl (C=O) groups excluding carboxylic acids is 1. The van der Waals surface area contributed by atoms with Crippen LogP contribution < -0.4 is 15.0 Å². The van der Waals surface area contributed by atoms with Crippen molar-refractivity contribution in [1.82, 2.24) is 15.2 Å². The van der Waals surface area contributed by atoms with Crippen molar-refractivity contribution >= 4 is 43.4 Å². The predicted octanol–water partition coefficient (Wildman–Crippen LogP) is 4.32. The van der Waals surface area contributed by atoms with Crippen LogP contribution in [0.25, 0.3) is 21.0 Å². The Balaban J connectivity index is 1.14. The van der Waals surface area contributed by atoms with E-state index in [-0.39, 0.29) is 5.91 Å². The minimum Gasteiger partial charge on any atom is -0.494 e. The second-order valence-corrected chi connectivity index (χ2v) is 9.38. The highest BCUT2D eigenvalue weighted by atomic mass is 32.1. The normalized spacial score (nSPS) is 14.7. The van der Waals surface area contributed by atoms with Gasteiger partial charge in [0.25, 0.3) is 5.91 Å². The van der Waals surface area contributed by atoms with E-state index in [2.05, 4.69) is 34.2 Å². The van der Waals surface area contributed by atoms with Gasteiger partial charge >= 0.3 is 0 Å². The van der Waals surface area contributed by atoms with Crippen LogP contribution in [0.5, 0.6) is 5.75 Å². The highest BCUT2D eigenvalue weighted by Gasteiger charge is 2.21. The maximum Gasteiger partial charge on any atom is 0.251 e. The lowest BCUT2D eigenvalue weighted by Crippen LogP contribution is -2.48. The molecule has 0 bridgehead atoms. The van der Waals surface area contributed by atoms with Crippen molar-refractivity contribution in [3.05, 3.63) is 65.7 Å². The number of thiazole rings is 1. The molecule has 1 amide bonds. The quantitative estimate of drug-likeness (QED) is 0.464. The summed E-state index contributed by atoms with van der Waals surface area (Å²) >= 11 is 1.74. The molecule has 4 aromatic rings. The second-order valence-electron chi connectivity index (χ2n) is 8.41. The van der Waals surface area contributed by atoms with Gasteiger partial charge in [0.05, 0.1) is 11.8 Å². The Bertz CT molecular complexity index is 1290. The molecule has 170 valence electrons. The van der Waals surface area contributed by atoms with Crippen molar-refractivity contribution in [1.29, 1.82) is 0 Å². The first-order valence-corrected chi connectivity index (χ1v) is 12.1. The van der Waals surface area contributed by atoms with Crippen LogP contribution in [-0.2, 0) is 0 Å². The van der Waals surface area contributed by atoms with Crippen LogP contribution in [0.4, 0.5) is 5.13 Å². The number of ether oxygens (including phenoxy) is 1. The van der Waals surface area contributed by atoms with E-state index in [1.54, 1.807) is 18.4 Å². The fourth-order valence-corrected chi connectivity index (χ4v) is 5.42. The monoisotopic (exact) mass is 460 g/mol. The smallest absolute Gasteiger partial charge is 0.251 e. The minimum atomic E-state index is -0.0156. The van der Waals surface area contributed by atoms with Crippen molar-refractivity contribution in [3.8, 4) is 5.75 Å². The highest BCUT2D eigenvalue weighted by Crippen LogP contribution is 2.36. The van der Waals surface area contributed by atoms with E-state index in [0.29, 0.717) is 12.1 Å². The molecule has 1 saturated heterocycles. The first-order valence-electron chi connectivity index (χ1n) is 11.3. The maximum absolute atomic E-state index is 12.6. The molecule has 5 rings (SSSR count). The summed E-state index contributed by atoms with van der Waals surface area (Å²) in [6, 6.07) is 18.0. The molecule has 2 heterocycles. The standard InChI is InChI=1S/C26H28N4O2S/c1-18-7-10-22(32-2)23-24(18)33-26(28-23)30-15-13-29(14-16-30)12-11-27-25(31)21-9-8-19-5-3-4-6-20(19)17-21/h3-10,17H,11-16H2,1-2H3,(H,27,31). The number of nitrogens with one attached hydrogen (secondary N) is 1. The lowest BCUT2D eigenvalue weighted by atomic mass is 10.1. The van der Waals surface area contributed by atoms with Gasteiger partial charge in [0, 0.05) is 44.8 Å². The summed E-state index contributed by atoms with van der Waals surface area (Å²) in [5, 5.41) is 6.36. The molecule has 0 unspecified atom stereocenters. The lowest BCUT2D eigenvalue weighted by Gasteiger charge is -2.34. The molecule has 0 saturated carbocycles. The Kier molecular flexibility index (Phi) is 6.15. The third kappa shape index (κ3) is 4.51. The van der Waals surface area contributed by atoms with E-state index >= 15 is 0 Å². The van der Waals surface area contributed by atoms with Gasteiger partial charge in [-0.1, -0.05) is 47.7 Å². The van der Waals surface area contributed by atoms with E-state index in [4.69, 9.17) is 9.72 Å². The van der Waals surface area contributed by atoms with Crippen molar-refractivity contribution < 1.29 is 9.53 Å². The second kappa shape index (κ2) is 9.37. The number of aromatic nitrogens is 1. The first-order chi connectivity index (χ1) is 16.1. The maximum atomic E-state index is 12.6. The first kappa shape index (κ1) is 21.7. The van der Waals surface area contributed by atoms with Crippen molar-refractivity contribution in [2.75, 3.05) is 51.3 Å². The van der Waals surface area contributed by atoms with Crippen LogP contribution in [0.1, 0.15) is 15.9 Å². The SMILES string of the molecule is COc1ccc(C)c2sc(N3CCN(CCNC(=O)c4ccc5ccccc5c4)CC3)nc12. The van der Waals surface area contributed by atoms with E-state index in [1.807, 2.05) is 42.5 Å². The van der Waals surface area contributed by atoms with Gasteiger partial charge in [-0.3, -0.25) is 9.69 Å². The largest absolute Gasteiger partial charge is 0.494 e. The summed E-state index contributed by atoms with van der Waals surface area (Å²) in [7, 11) is 1.70. The summed E-state index contributed by atoms with van der Waals surface area (Å²) < 4.78 is 6.70. The molecule has 1 aliphatic heterocycles. The number of nitrogens with zero attached hydrogens (tertiary/aromatic N) is 3. The van der Waals surface area contributed by atoms with Crippen LogP contribution in [-0.4, -0.2) is 62.2 Å². The molecule has 1 aromatic heterocycles. The Morgan fingerprint density at radius 2 is 1.85 bits per heavy atom. The average Bonchev–Trinajstić information content (AvgIpc) is 3.31. The van der Waals surface area contributed by atoms with E-state index in [1.165, 1.54) is 10.3 Å². The number of anilines is 1. The van der Waals surface area contributed by atoms with Crippen molar-refractivity contribution in [2.24, 2.45) is 0 Å². The Morgan fingerprint density at radius 3 is 2.64 bits per heavy atom. The topological polar surface area (TPSA) is 57.7 Å². The van der Waals surface area contributed by atoms with Gasteiger partial charge in [0.1, 0.15) is 11.3 Å². The molecule has 1 N–H and O–H groups in total. The fourth-order valence-electron chi connectivity index (χ4n) is 4.32. The average molecular weight is 461 g/mol. The Labute approximate surface area is 197 Å². The zero-order valence-electron chi connectivity index (χ0n) is 19.0. The molecular weight excluding hydrogens is 432 g/mol. The molecule has 33 heavy (non-hydrogen) atoms. The number of piperazine rings is 1. The van der Waals surface area contributed by atoms with Crippen LogP contribution in [0.2, 0.25) is 0 Å². The summed E-state index contributed by atoms with van der Waals surface area (Å²) in [4.78, 5) is 22.2. The summed E-state index contributed by atoms with van der Waals surface area (Å²) in [5.41, 5.74) is 2.90. The third-order valence-electron chi connectivity index (χ3n) is 6.28. The minimum absolute atomic E-state index is 0.0156. The van der Waals surface area contributed by atoms with E-state index in [9.17, 15) is 4.79 Å². The van der Waals surface area contributed by atoms with E-state index in [0.717, 1.165) is 59.9 Å². The van der Waals surface area contributed by atoms with Gasteiger partial charge in [-0.25, -0.2) is 4.98 Å². The third-order valence-corrected chi connectivity index (χ3v) is 7.53. The van der Waals surface area contributed by atoms with Crippen LogP contribution in [0.15, 0.2) is 54.6 Å². The number of hydrogen-bond donors (Lipinski definition) is 1. The zero-order valence-corrected chi connectivity index (χ0v) is 19.8. The molecule has 1 aliphatic rings. The number of methoxy groups -OCH3 is 1. The lowest BCUT2D eigenvalue weighted by molar-refractivity contribution is 0.0948. The van der Waals surface area contributed by atoms with Gasteiger partial charge in [0.2, 0.25) is 0 Å². The van der Waals surface area contributed by atoms with Crippen LogP contribution in [0, 0.1) is 6.92 Å². The number of amides is 1. The molecule has 3 aromatic carbocycles. The molecular formula is C26H28N4O2S. The molecule has 7 heteroatoms. The fraction of sp³-hybridized carbons (Fsp3) is 0.308. The van der Waals surface area contributed by atoms with Crippen LogP contribution >= 0.6 is 11.3 Å². The number of fused-ring (bicyclic) bond motifs is 2. The number of carbonyl (C=O) groups is 1.